The predicted molar refractivity (Wildman–Crippen MR) is 128 cm³/mol. The molecule has 2 rings (SSSR count). The molecule has 0 amide bonds. The molecule has 0 aliphatic carbocycles. The lowest BCUT2D eigenvalue weighted by atomic mass is 10.1. The monoisotopic (exact) mass is 549 g/mol. The Balaban J connectivity index is 0.00000480. The van der Waals surface area contributed by atoms with Crippen molar-refractivity contribution >= 4 is 29.9 Å². The van der Waals surface area contributed by atoms with E-state index >= 15 is 0 Å². The number of hydrogen-bond donors (Lipinski definition) is 2. The van der Waals surface area contributed by atoms with E-state index in [1.54, 1.807) is 32.2 Å². The van der Waals surface area contributed by atoms with Crippen LogP contribution in [-0.4, -0.2) is 32.8 Å². The van der Waals surface area contributed by atoms with Gasteiger partial charge in [0.2, 0.25) is 0 Å². The fraction of sp³-hybridized carbons (Fsp3) is 0.409. The van der Waals surface area contributed by atoms with Gasteiger partial charge in [-0.3, -0.25) is 0 Å². The molecule has 9 heteroatoms. The summed E-state index contributed by atoms with van der Waals surface area (Å²) < 4.78 is 41.1. The molecule has 0 bridgehead atoms. The first-order valence-corrected chi connectivity index (χ1v) is 9.85. The van der Waals surface area contributed by atoms with Gasteiger partial charge in [-0.15, -0.1) is 24.0 Å². The molecule has 0 saturated carbocycles. The van der Waals surface area contributed by atoms with Crippen molar-refractivity contribution in [2.45, 2.75) is 40.2 Å². The summed E-state index contributed by atoms with van der Waals surface area (Å²) in [6.45, 7) is 3.07. The first kappa shape index (κ1) is 26.9. The molecule has 0 heterocycles. The van der Waals surface area contributed by atoms with Crippen molar-refractivity contribution in [3.8, 4) is 11.5 Å². The van der Waals surface area contributed by atoms with Crippen molar-refractivity contribution < 1.29 is 23.0 Å². The van der Waals surface area contributed by atoms with Crippen LogP contribution in [0, 0.1) is 0 Å². The lowest BCUT2D eigenvalue weighted by molar-refractivity contribution is -0.0520. The Kier molecular flexibility index (Phi) is 12.8. The first-order chi connectivity index (χ1) is 14.6. The van der Waals surface area contributed by atoms with E-state index in [0.717, 1.165) is 11.1 Å². The molecule has 2 N–H and O–H groups in total. The minimum absolute atomic E-state index is 0. The maximum Gasteiger partial charge on any atom is 0.387 e. The zero-order valence-corrected chi connectivity index (χ0v) is 20.3. The smallest absolute Gasteiger partial charge is 0.387 e. The number of nitrogens with one attached hydrogen (secondary N) is 2. The molecule has 0 radical (unpaired) electrons. The average Bonchev–Trinajstić information content (AvgIpc) is 2.72. The van der Waals surface area contributed by atoms with Gasteiger partial charge in [-0.2, -0.15) is 8.78 Å². The maximum absolute atomic E-state index is 12.9. The summed E-state index contributed by atoms with van der Waals surface area (Å²) in [7, 11) is 1.66. The normalized spacial score (nSPS) is 11.1. The van der Waals surface area contributed by atoms with E-state index in [-0.39, 0.29) is 42.0 Å². The second kappa shape index (κ2) is 14.8. The molecular formula is C22H30F2IN3O3. The van der Waals surface area contributed by atoms with Gasteiger partial charge in [0.1, 0.15) is 0 Å². The molecule has 0 aliphatic heterocycles. The zero-order chi connectivity index (χ0) is 21.8. The summed E-state index contributed by atoms with van der Waals surface area (Å²) in [5.74, 6) is 0.887. The Bertz CT molecular complexity index is 822. The number of hydrogen-bond acceptors (Lipinski definition) is 4. The third-order valence-corrected chi connectivity index (χ3v) is 4.08. The van der Waals surface area contributed by atoms with Crippen LogP contribution in [0.25, 0.3) is 0 Å². The molecule has 0 aliphatic rings. The molecule has 2 aromatic carbocycles. The highest BCUT2D eigenvalue weighted by Gasteiger charge is 2.16. The van der Waals surface area contributed by atoms with Crippen LogP contribution in [0.3, 0.4) is 0 Å². The molecule has 0 atom stereocenters. The van der Waals surface area contributed by atoms with Gasteiger partial charge < -0.3 is 24.8 Å². The second-order valence-corrected chi connectivity index (χ2v) is 6.36. The molecule has 31 heavy (non-hydrogen) atoms. The average molecular weight is 549 g/mol. The van der Waals surface area contributed by atoms with E-state index in [4.69, 9.17) is 14.2 Å². The number of para-hydroxylation sites is 1. The van der Waals surface area contributed by atoms with Crippen LogP contribution in [0.2, 0.25) is 0 Å². The largest absolute Gasteiger partial charge is 0.490 e. The number of methoxy groups -OCH3 is 1. The summed E-state index contributed by atoms with van der Waals surface area (Å²) in [4.78, 5) is 4.58. The van der Waals surface area contributed by atoms with Crippen LogP contribution >= 0.6 is 24.0 Å². The molecule has 0 unspecified atom stereocenters. The van der Waals surface area contributed by atoms with Gasteiger partial charge in [0.05, 0.1) is 19.8 Å². The number of halogens is 3. The lowest BCUT2D eigenvalue weighted by Crippen LogP contribution is -2.36. The molecule has 6 nitrogen and oxygen atoms in total. The Hall–Kier alpha value is -2.14. The van der Waals surface area contributed by atoms with Gasteiger partial charge in [0.15, 0.2) is 17.5 Å². The summed E-state index contributed by atoms with van der Waals surface area (Å²) in [6, 6.07) is 13.1. The lowest BCUT2D eigenvalue weighted by Gasteiger charge is -2.17. The van der Waals surface area contributed by atoms with E-state index in [9.17, 15) is 8.78 Å². The fourth-order valence-electron chi connectivity index (χ4n) is 2.87. The van der Waals surface area contributed by atoms with Gasteiger partial charge in [-0.25, -0.2) is 4.99 Å². The Morgan fingerprint density at radius 1 is 1.06 bits per heavy atom. The molecule has 0 saturated heterocycles. The van der Waals surface area contributed by atoms with Gasteiger partial charge in [0.25, 0.3) is 0 Å². The fourth-order valence-corrected chi connectivity index (χ4v) is 2.87. The standard InChI is InChI=1S/C22H29F2N3O3.HI/c1-4-25-22(26-13-16-8-6-9-17(12-16)15-28-3)27-14-18-10-7-11-19(29-5-2)20(18)30-21(23)24;/h6-12,21H,4-5,13-15H2,1-3H3,(H2,25,26,27);1H. The minimum Gasteiger partial charge on any atom is -0.490 e. The van der Waals surface area contributed by atoms with Gasteiger partial charge in [-0.05, 0) is 31.0 Å². The number of aliphatic imine (C=N–C) groups is 1. The number of alkyl halides is 2. The van der Waals surface area contributed by atoms with E-state index in [1.807, 2.05) is 31.2 Å². The zero-order valence-electron chi connectivity index (χ0n) is 18.0. The second-order valence-electron chi connectivity index (χ2n) is 6.36. The Morgan fingerprint density at radius 3 is 2.48 bits per heavy atom. The highest BCUT2D eigenvalue weighted by atomic mass is 127. The highest BCUT2D eigenvalue weighted by Crippen LogP contribution is 2.32. The number of ether oxygens (including phenoxy) is 3. The van der Waals surface area contributed by atoms with Crippen LogP contribution in [0.5, 0.6) is 11.5 Å². The highest BCUT2D eigenvalue weighted by molar-refractivity contribution is 14.0. The third kappa shape index (κ3) is 9.26. The SMILES string of the molecule is CCNC(=NCc1cccc(COC)c1)NCc1cccc(OCC)c1OC(F)F.I. The predicted octanol–water partition coefficient (Wildman–Crippen LogP) is 4.71. The summed E-state index contributed by atoms with van der Waals surface area (Å²) >= 11 is 0. The molecule has 172 valence electrons. The van der Waals surface area contributed by atoms with E-state index in [0.29, 0.717) is 37.8 Å². The Labute approximate surface area is 199 Å². The van der Waals surface area contributed by atoms with E-state index < -0.39 is 6.61 Å². The first-order valence-electron chi connectivity index (χ1n) is 9.85. The van der Waals surface area contributed by atoms with Crippen molar-refractivity contribution in [1.29, 1.82) is 0 Å². The number of guanidine groups is 1. The quantitative estimate of drug-likeness (QED) is 0.242. The van der Waals surface area contributed by atoms with Gasteiger partial charge >= 0.3 is 6.61 Å². The molecule has 2 aromatic rings. The van der Waals surface area contributed by atoms with Gasteiger partial charge in [0, 0.05) is 25.8 Å². The number of nitrogens with zero attached hydrogens (tertiary/aromatic N) is 1. The number of rotatable bonds is 11. The molecule has 0 fully saturated rings. The van der Waals surface area contributed by atoms with Gasteiger partial charge in [-0.1, -0.05) is 36.4 Å². The third-order valence-electron chi connectivity index (χ3n) is 4.08. The summed E-state index contributed by atoms with van der Waals surface area (Å²) in [5.41, 5.74) is 2.67. The molecule has 0 aromatic heterocycles. The van der Waals surface area contributed by atoms with Crippen molar-refractivity contribution in [2.24, 2.45) is 4.99 Å². The van der Waals surface area contributed by atoms with E-state index in [2.05, 4.69) is 15.6 Å². The van der Waals surface area contributed by atoms with Crippen LogP contribution in [-0.2, 0) is 24.4 Å². The van der Waals surface area contributed by atoms with Crippen LogP contribution in [0.4, 0.5) is 8.78 Å². The molecule has 0 spiro atoms. The van der Waals surface area contributed by atoms with Crippen molar-refractivity contribution in [2.75, 3.05) is 20.3 Å². The topological polar surface area (TPSA) is 64.1 Å². The van der Waals surface area contributed by atoms with Crippen molar-refractivity contribution in [1.82, 2.24) is 10.6 Å². The maximum atomic E-state index is 12.9. The van der Waals surface area contributed by atoms with Crippen molar-refractivity contribution in [3.05, 3.63) is 59.2 Å². The van der Waals surface area contributed by atoms with Crippen LogP contribution in [0.1, 0.15) is 30.5 Å². The minimum atomic E-state index is -2.94. The molecular weight excluding hydrogens is 519 g/mol. The van der Waals surface area contributed by atoms with E-state index in [1.165, 1.54) is 0 Å². The Morgan fingerprint density at radius 2 is 1.81 bits per heavy atom. The summed E-state index contributed by atoms with van der Waals surface area (Å²) in [6.07, 6.45) is 0. The van der Waals surface area contributed by atoms with Crippen molar-refractivity contribution in [3.63, 3.8) is 0 Å². The van der Waals surface area contributed by atoms with Crippen LogP contribution < -0.4 is 20.1 Å². The number of benzene rings is 2. The summed E-state index contributed by atoms with van der Waals surface area (Å²) in [5, 5.41) is 6.32. The van der Waals surface area contributed by atoms with Crippen LogP contribution in [0.15, 0.2) is 47.5 Å².